The van der Waals surface area contributed by atoms with Crippen molar-refractivity contribution in [2.75, 3.05) is 45.8 Å². The van der Waals surface area contributed by atoms with Crippen LogP contribution in [-0.4, -0.2) is 62.5 Å². The molecule has 0 aromatic rings. The molecule has 0 bridgehead atoms. The van der Waals surface area contributed by atoms with E-state index in [2.05, 4.69) is 22.5 Å². The van der Waals surface area contributed by atoms with E-state index in [4.69, 9.17) is 11.5 Å². The average Bonchev–Trinajstić information content (AvgIpc) is 2.82. The van der Waals surface area contributed by atoms with Crippen LogP contribution in [0.5, 0.6) is 0 Å². The van der Waals surface area contributed by atoms with Crippen molar-refractivity contribution in [3.63, 3.8) is 0 Å². The van der Waals surface area contributed by atoms with Gasteiger partial charge in [0.05, 0.1) is 0 Å². The van der Waals surface area contributed by atoms with Gasteiger partial charge in [-0.2, -0.15) is 0 Å². The Morgan fingerprint density at radius 1 is 0.576 bits per heavy atom. The second-order valence-corrected chi connectivity index (χ2v) is 9.22. The topological polar surface area (TPSA) is 113 Å². The molecule has 196 valence electrons. The van der Waals surface area contributed by atoms with Gasteiger partial charge in [0.15, 0.2) is 0 Å². The molecule has 7 heteroatoms. The Labute approximate surface area is 204 Å². The van der Waals surface area contributed by atoms with Gasteiger partial charge in [-0.25, -0.2) is 0 Å². The third-order valence-electron chi connectivity index (χ3n) is 6.07. The minimum Gasteiger partial charge on any atom is -0.355 e. The summed E-state index contributed by atoms with van der Waals surface area (Å²) in [6.45, 7) is 6.50. The van der Waals surface area contributed by atoms with Crippen molar-refractivity contribution in [1.29, 1.82) is 0 Å². The Bertz CT molecular complexity index is 424. The Morgan fingerprint density at radius 3 is 1.30 bits per heavy atom. The lowest BCUT2D eigenvalue weighted by Crippen LogP contribution is -2.36. The molecular formula is C26H55N5O2. The quantitative estimate of drug-likeness (QED) is 0.152. The van der Waals surface area contributed by atoms with Gasteiger partial charge in [0.25, 0.3) is 0 Å². The van der Waals surface area contributed by atoms with Crippen LogP contribution in [0, 0.1) is 0 Å². The molecule has 2 amide bonds. The van der Waals surface area contributed by atoms with Crippen molar-refractivity contribution in [2.45, 2.75) is 110 Å². The highest BCUT2D eigenvalue weighted by molar-refractivity contribution is 5.76. The number of rotatable bonds is 25. The maximum absolute atomic E-state index is 11.9. The van der Waals surface area contributed by atoms with Crippen LogP contribution in [0.3, 0.4) is 0 Å². The predicted molar refractivity (Wildman–Crippen MR) is 140 cm³/mol. The first-order chi connectivity index (χ1) is 16.1. The van der Waals surface area contributed by atoms with Gasteiger partial charge in [-0.15, -0.1) is 0 Å². The van der Waals surface area contributed by atoms with Crippen LogP contribution in [-0.2, 0) is 9.59 Å². The number of nitrogens with one attached hydrogen (secondary N) is 2. The van der Waals surface area contributed by atoms with Crippen molar-refractivity contribution in [2.24, 2.45) is 11.5 Å². The van der Waals surface area contributed by atoms with Gasteiger partial charge >= 0.3 is 0 Å². The smallest absolute Gasteiger partial charge is 0.221 e. The van der Waals surface area contributed by atoms with Crippen LogP contribution >= 0.6 is 0 Å². The largest absolute Gasteiger partial charge is 0.355 e. The highest BCUT2D eigenvalue weighted by atomic mass is 16.2. The molecule has 0 aliphatic heterocycles. The lowest BCUT2D eigenvalue weighted by Gasteiger charge is -2.22. The summed E-state index contributed by atoms with van der Waals surface area (Å²) in [4.78, 5) is 26.0. The van der Waals surface area contributed by atoms with Gasteiger partial charge in [-0.05, 0) is 13.0 Å². The highest BCUT2D eigenvalue weighted by Crippen LogP contribution is 2.13. The fraction of sp³-hybridized carbons (Fsp3) is 0.923. The third kappa shape index (κ3) is 23.8. The van der Waals surface area contributed by atoms with Crippen molar-refractivity contribution in [1.82, 2.24) is 15.5 Å². The van der Waals surface area contributed by atoms with Crippen molar-refractivity contribution in [3.8, 4) is 0 Å². The van der Waals surface area contributed by atoms with Gasteiger partial charge < -0.3 is 27.0 Å². The minimum atomic E-state index is 0.0268. The van der Waals surface area contributed by atoms with E-state index in [1.807, 2.05) is 0 Å². The molecule has 33 heavy (non-hydrogen) atoms. The summed E-state index contributed by atoms with van der Waals surface area (Å²) in [5.41, 5.74) is 10.9. The van der Waals surface area contributed by atoms with E-state index in [0.717, 1.165) is 13.0 Å². The summed E-state index contributed by atoms with van der Waals surface area (Å²) in [7, 11) is 0. The van der Waals surface area contributed by atoms with Crippen LogP contribution < -0.4 is 22.1 Å². The SMILES string of the molecule is CCCCCCCCCCCCCCCCN(CCC(=O)NCCN)CCC(=O)NCCN. The lowest BCUT2D eigenvalue weighted by molar-refractivity contribution is -0.121. The van der Waals surface area contributed by atoms with Crippen LogP contribution in [0.1, 0.15) is 110 Å². The van der Waals surface area contributed by atoms with E-state index in [1.165, 1.54) is 83.5 Å². The van der Waals surface area contributed by atoms with E-state index in [0.29, 0.717) is 52.1 Å². The Hall–Kier alpha value is -1.18. The van der Waals surface area contributed by atoms with E-state index < -0.39 is 0 Å². The summed E-state index contributed by atoms with van der Waals surface area (Å²) < 4.78 is 0. The third-order valence-corrected chi connectivity index (χ3v) is 6.07. The molecular weight excluding hydrogens is 414 g/mol. The molecule has 0 fully saturated rings. The molecule has 0 aliphatic rings. The molecule has 0 aromatic carbocycles. The van der Waals surface area contributed by atoms with Crippen molar-refractivity contribution < 1.29 is 9.59 Å². The Kier molecular flexibility index (Phi) is 24.5. The van der Waals surface area contributed by atoms with E-state index >= 15 is 0 Å². The maximum Gasteiger partial charge on any atom is 0.221 e. The number of carbonyl (C=O) groups excluding carboxylic acids is 2. The molecule has 0 aliphatic carbocycles. The van der Waals surface area contributed by atoms with Gasteiger partial charge in [0.2, 0.25) is 11.8 Å². The first-order valence-electron chi connectivity index (χ1n) is 13.8. The molecule has 0 radical (unpaired) electrons. The van der Waals surface area contributed by atoms with E-state index in [-0.39, 0.29) is 11.8 Å². The lowest BCUT2D eigenvalue weighted by atomic mass is 10.0. The molecule has 0 rings (SSSR count). The molecule has 0 atom stereocenters. The van der Waals surface area contributed by atoms with Crippen LogP contribution in [0.2, 0.25) is 0 Å². The molecule has 7 nitrogen and oxygen atoms in total. The van der Waals surface area contributed by atoms with Gasteiger partial charge in [-0.3, -0.25) is 9.59 Å². The molecule has 0 spiro atoms. The zero-order chi connectivity index (χ0) is 24.4. The molecule has 0 saturated heterocycles. The standard InChI is InChI=1S/C26H55N5O2/c1-2-3-4-5-6-7-8-9-10-11-12-13-14-15-22-31(23-16-25(32)29-20-18-27)24-17-26(33)30-21-19-28/h2-24,27-28H2,1H3,(H,29,32)(H,30,33). The van der Waals surface area contributed by atoms with Crippen molar-refractivity contribution >= 4 is 11.8 Å². The second kappa shape index (κ2) is 25.4. The summed E-state index contributed by atoms with van der Waals surface area (Å²) in [5, 5.41) is 5.63. The average molecular weight is 470 g/mol. The molecule has 6 N–H and O–H groups in total. The van der Waals surface area contributed by atoms with E-state index in [1.54, 1.807) is 0 Å². The minimum absolute atomic E-state index is 0.0268. The van der Waals surface area contributed by atoms with Crippen LogP contribution in [0.4, 0.5) is 0 Å². The highest BCUT2D eigenvalue weighted by Gasteiger charge is 2.10. The number of unbranched alkanes of at least 4 members (excludes halogenated alkanes) is 13. The van der Waals surface area contributed by atoms with Crippen LogP contribution in [0.25, 0.3) is 0 Å². The summed E-state index contributed by atoms with van der Waals surface area (Å²) in [6, 6.07) is 0. The zero-order valence-corrected chi connectivity index (χ0v) is 21.7. The first kappa shape index (κ1) is 31.8. The van der Waals surface area contributed by atoms with Gasteiger partial charge in [-0.1, -0.05) is 90.4 Å². The number of carbonyl (C=O) groups is 2. The Balaban J connectivity index is 3.86. The van der Waals surface area contributed by atoms with Crippen molar-refractivity contribution in [3.05, 3.63) is 0 Å². The second-order valence-electron chi connectivity index (χ2n) is 9.22. The number of hydrogen-bond acceptors (Lipinski definition) is 5. The fourth-order valence-electron chi connectivity index (χ4n) is 3.98. The maximum atomic E-state index is 11.9. The summed E-state index contributed by atoms with van der Waals surface area (Å²) in [6.07, 6.45) is 19.7. The zero-order valence-electron chi connectivity index (χ0n) is 21.7. The number of nitrogens with zero attached hydrogens (tertiary/aromatic N) is 1. The first-order valence-corrected chi connectivity index (χ1v) is 13.8. The Morgan fingerprint density at radius 2 is 0.939 bits per heavy atom. The van der Waals surface area contributed by atoms with E-state index in [9.17, 15) is 9.59 Å². The monoisotopic (exact) mass is 469 g/mol. The number of amides is 2. The summed E-state index contributed by atoms with van der Waals surface area (Å²) >= 11 is 0. The number of nitrogens with two attached hydrogens (primary N) is 2. The van der Waals surface area contributed by atoms with Crippen LogP contribution in [0.15, 0.2) is 0 Å². The number of hydrogen-bond donors (Lipinski definition) is 4. The fourth-order valence-corrected chi connectivity index (χ4v) is 3.98. The molecule has 0 unspecified atom stereocenters. The predicted octanol–water partition coefficient (Wildman–Crippen LogP) is 3.70. The normalized spacial score (nSPS) is 11.2. The van der Waals surface area contributed by atoms with Gasteiger partial charge in [0, 0.05) is 52.1 Å². The molecule has 0 saturated carbocycles. The molecule has 0 aromatic heterocycles. The molecule has 0 heterocycles. The van der Waals surface area contributed by atoms with Gasteiger partial charge in [0.1, 0.15) is 0 Å². The summed E-state index contributed by atoms with van der Waals surface area (Å²) in [5.74, 6) is 0.0537.